The lowest BCUT2D eigenvalue weighted by Crippen LogP contribution is -2.09. The molecule has 5 heteroatoms. The zero-order valence-electron chi connectivity index (χ0n) is 10.9. The largest absolute Gasteiger partial charge is 0.488 e. The van der Waals surface area contributed by atoms with E-state index in [0.29, 0.717) is 12.6 Å². The van der Waals surface area contributed by atoms with Crippen LogP contribution in [0.4, 0.5) is 5.95 Å². The van der Waals surface area contributed by atoms with Crippen LogP contribution >= 0.6 is 0 Å². The van der Waals surface area contributed by atoms with Crippen LogP contribution in [0.25, 0.3) is 11.3 Å². The van der Waals surface area contributed by atoms with Crippen molar-refractivity contribution in [2.45, 2.75) is 6.61 Å². The number of fused-ring (bicyclic) bond motifs is 3. The Morgan fingerprint density at radius 3 is 3.00 bits per heavy atom. The molecule has 19 heavy (non-hydrogen) atoms. The molecule has 0 fully saturated rings. The number of rotatable bonds is 2. The van der Waals surface area contributed by atoms with E-state index in [2.05, 4.69) is 15.0 Å². The standard InChI is InChI=1S/C14H14N4O/c1-18(2)9-16-14-15-7-10-8-19-12-6-4-3-5-11(12)13(10)17-14/h3-7,9H,8H2,1-2H3/b16-9-. The Kier molecular flexibility index (Phi) is 2.87. The van der Waals surface area contributed by atoms with Crippen molar-refractivity contribution in [1.82, 2.24) is 14.9 Å². The van der Waals surface area contributed by atoms with Crippen LogP contribution in [0.3, 0.4) is 0 Å². The van der Waals surface area contributed by atoms with Crippen molar-refractivity contribution < 1.29 is 4.74 Å². The Bertz CT molecular complexity index is 637. The summed E-state index contributed by atoms with van der Waals surface area (Å²) in [5, 5.41) is 0. The van der Waals surface area contributed by atoms with Crippen molar-refractivity contribution in [2.24, 2.45) is 4.99 Å². The summed E-state index contributed by atoms with van der Waals surface area (Å²) in [6.07, 6.45) is 3.47. The molecule has 1 aliphatic heterocycles. The Morgan fingerprint density at radius 2 is 2.16 bits per heavy atom. The van der Waals surface area contributed by atoms with Gasteiger partial charge in [-0.15, -0.1) is 0 Å². The number of nitrogens with zero attached hydrogens (tertiary/aromatic N) is 4. The first kappa shape index (κ1) is 11.6. The first-order valence-electron chi connectivity index (χ1n) is 6.03. The zero-order valence-corrected chi connectivity index (χ0v) is 10.9. The van der Waals surface area contributed by atoms with Gasteiger partial charge in [0, 0.05) is 31.4 Å². The molecule has 1 aromatic carbocycles. The molecule has 0 bridgehead atoms. The molecule has 0 N–H and O–H groups in total. The molecule has 0 amide bonds. The highest BCUT2D eigenvalue weighted by Crippen LogP contribution is 2.35. The lowest BCUT2D eigenvalue weighted by Gasteiger charge is -2.19. The maximum atomic E-state index is 5.66. The van der Waals surface area contributed by atoms with E-state index in [9.17, 15) is 0 Å². The third-order valence-corrected chi connectivity index (χ3v) is 2.78. The summed E-state index contributed by atoms with van der Waals surface area (Å²) in [5.74, 6) is 1.32. The number of para-hydroxylation sites is 1. The molecule has 3 rings (SSSR count). The first-order chi connectivity index (χ1) is 9.24. The first-order valence-corrected chi connectivity index (χ1v) is 6.03. The van der Waals surface area contributed by atoms with Gasteiger partial charge in [-0.2, -0.15) is 0 Å². The SMILES string of the molecule is CN(C)/C=N\c1ncc2c(n1)-c1ccccc1OC2. The lowest BCUT2D eigenvalue weighted by atomic mass is 10.0. The van der Waals surface area contributed by atoms with E-state index in [4.69, 9.17) is 4.74 Å². The van der Waals surface area contributed by atoms with Crippen LogP contribution < -0.4 is 4.74 Å². The number of hydrogen-bond acceptors (Lipinski definition) is 4. The van der Waals surface area contributed by atoms with E-state index < -0.39 is 0 Å². The molecule has 0 spiro atoms. The van der Waals surface area contributed by atoms with E-state index >= 15 is 0 Å². The minimum absolute atomic E-state index is 0.462. The second kappa shape index (κ2) is 4.68. The van der Waals surface area contributed by atoms with Gasteiger partial charge in [-0.3, -0.25) is 0 Å². The average Bonchev–Trinajstić information content (AvgIpc) is 2.44. The fourth-order valence-corrected chi connectivity index (χ4v) is 1.91. The highest BCUT2D eigenvalue weighted by molar-refractivity contribution is 5.72. The topological polar surface area (TPSA) is 50.6 Å². The molecule has 0 radical (unpaired) electrons. The Balaban J connectivity index is 2.05. The quantitative estimate of drug-likeness (QED) is 0.609. The molecule has 2 heterocycles. The van der Waals surface area contributed by atoms with Crippen molar-refractivity contribution in [1.29, 1.82) is 0 Å². The summed E-state index contributed by atoms with van der Waals surface area (Å²) in [7, 11) is 3.82. The molecule has 0 unspecified atom stereocenters. The van der Waals surface area contributed by atoms with Crippen LogP contribution in [0.1, 0.15) is 5.56 Å². The van der Waals surface area contributed by atoms with Gasteiger partial charge >= 0.3 is 0 Å². The lowest BCUT2D eigenvalue weighted by molar-refractivity contribution is 0.301. The summed E-state index contributed by atoms with van der Waals surface area (Å²) in [6.45, 7) is 0.504. The molecular formula is C14H14N4O. The van der Waals surface area contributed by atoms with E-state index in [0.717, 1.165) is 22.6 Å². The zero-order chi connectivity index (χ0) is 13.2. The van der Waals surface area contributed by atoms with Gasteiger partial charge in [0.05, 0.1) is 12.0 Å². The molecule has 2 aromatic rings. The molecule has 0 atom stereocenters. The van der Waals surface area contributed by atoms with Crippen LogP contribution in [0.15, 0.2) is 35.5 Å². The smallest absolute Gasteiger partial charge is 0.251 e. The molecular weight excluding hydrogens is 240 g/mol. The van der Waals surface area contributed by atoms with Crippen LogP contribution in [-0.2, 0) is 6.61 Å². The fraction of sp³-hybridized carbons (Fsp3) is 0.214. The predicted molar refractivity (Wildman–Crippen MR) is 73.6 cm³/mol. The maximum absolute atomic E-state index is 5.66. The number of hydrogen-bond donors (Lipinski definition) is 0. The molecule has 0 saturated carbocycles. The highest BCUT2D eigenvalue weighted by Gasteiger charge is 2.18. The molecule has 1 aromatic heterocycles. The van der Waals surface area contributed by atoms with Crippen LogP contribution in [-0.4, -0.2) is 35.3 Å². The second-order valence-electron chi connectivity index (χ2n) is 4.54. The summed E-state index contributed by atoms with van der Waals surface area (Å²) < 4.78 is 5.66. The molecule has 0 saturated heterocycles. The maximum Gasteiger partial charge on any atom is 0.251 e. The molecule has 5 nitrogen and oxygen atoms in total. The number of benzene rings is 1. The molecule has 96 valence electrons. The van der Waals surface area contributed by atoms with Gasteiger partial charge in [0.25, 0.3) is 5.95 Å². The number of aromatic nitrogens is 2. The van der Waals surface area contributed by atoms with Gasteiger partial charge in [-0.05, 0) is 12.1 Å². The highest BCUT2D eigenvalue weighted by atomic mass is 16.5. The van der Waals surface area contributed by atoms with Crippen molar-refractivity contribution in [3.8, 4) is 17.0 Å². The minimum Gasteiger partial charge on any atom is -0.488 e. The van der Waals surface area contributed by atoms with E-state index in [1.165, 1.54) is 0 Å². The van der Waals surface area contributed by atoms with Gasteiger partial charge in [0.15, 0.2) is 0 Å². The third-order valence-electron chi connectivity index (χ3n) is 2.78. The third kappa shape index (κ3) is 2.27. The van der Waals surface area contributed by atoms with E-state index in [1.807, 2.05) is 43.3 Å². The number of ether oxygens (including phenoxy) is 1. The van der Waals surface area contributed by atoms with Crippen molar-refractivity contribution >= 4 is 12.3 Å². The predicted octanol–water partition coefficient (Wildman–Crippen LogP) is 2.26. The summed E-state index contributed by atoms with van der Waals surface area (Å²) in [5.41, 5.74) is 2.89. The van der Waals surface area contributed by atoms with E-state index in [-0.39, 0.29) is 0 Å². The monoisotopic (exact) mass is 254 g/mol. The van der Waals surface area contributed by atoms with Crippen LogP contribution in [0.2, 0.25) is 0 Å². The Hall–Kier alpha value is -2.43. The molecule has 1 aliphatic rings. The second-order valence-corrected chi connectivity index (χ2v) is 4.54. The summed E-state index contributed by atoms with van der Waals surface area (Å²) in [6, 6.07) is 7.88. The van der Waals surface area contributed by atoms with E-state index in [1.54, 1.807) is 12.5 Å². The van der Waals surface area contributed by atoms with Gasteiger partial charge in [-0.1, -0.05) is 12.1 Å². The van der Waals surface area contributed by atoms with Gasteiger partial charge in [0.1, 0.15) is 12.4 Å². The summed E-state index contributed by atoms with van der Waals surface area (Å²) >= 11 is 0. The van der Waals surface area contributed by atoms with Crippen molar-refractivity contribution in [3.63, 3.8) is 0 Å². The normalized spacial score (nSPS) is 12.7. The van der Waals surface area contributed by atoms with Gasteiger partial charge in [0.2, 0.25) is 0 Å². The fourth-order valence-electron chi connectivity index (χ4n) is 1.91. The number of aliphatic imine (C=N–C) groups is 1. The average molecular weight is 254 g/mol. The van der Waals surface area contributed by atoms with Gasteiger partial charge < -0.3 is 9.64 Å². The molecule has 0 aliphatic carbocycles. The Labute approximate surface area is 111 Å². The van der Waals surface area contributed by atoms with Crippen molar-refractivity contribution in [3.05, 3.63) is 36.0 Å². The van der Waals surface area contributed by atoms with Crippen LogP contribution in [0, 0.1) is 0 Å². The van der Waals surface area contributed by atoms with Crippen LogP contribution in [0.5, 0.6) is 5.75 Å². The van der Waals surface area contributed by atoms with Crippen molar-refractivity contribution in [2.75, 3.05) is 14.1 Å². The summed E-state index contributed by atoms with van der Waals surface area (Å²) in [4.78, 5) is 14.8. The minimum atomic E-state index is 0.462. The van der Waals surface area contributed by atoms with Gasteiger partial charge in [-0.25, -0.2) is 15.0 Å². The Morgan fingerprint density at radius 1 is 1.32 bits per heavy atom.